The monoisotopic (exact) mass is 442 g/mol. The molecular formula is C19H23FN2O7S. The summed E-state index contributed by atoms with van der Waals surface area (Å²) >= 11 is 0. The molecule has 2 saturated heterocycles. The van der Waals surface area contributed by atoms with Crippen LogP contribution in [0.3, 0.4) is 0 Å². The van der Waals surface area contributed by atoms with Gasteiger partial charge in [0.05, 0.1) is 23.7 Å². The maximum atomic E-state index is 14.8. The van der Waals surface area contributed by atoms with E-state index in [1.807, 2.05) is 0 Å². The summed E-state index contributed by atoms with van der Waals surface area (Å²) in [5.41, 5.74) is -0.601. The van der Waals surface area contributed by atoms with Crippen LogP contribution in [0.2, 0.25) is 0 Å². The summed E-state index contributed by atoms with van der Waals surface area (Å²) < 4.78 is 50.4. The third-order valence-electron chi connectivity index (χ3n) is 5.15. The number of halogens is 1. The van der Waals surface area contributed by atoms with E-state index in [0.29, 0.717) is 31.6 Å². The fraction of sp³-hybridized carbons (Fsp3) is 0.526. The first kappa shape index (κ1) is 22.3. The van der Waals surface area contributed by atoms with Gasteiger partial charge in [-0.2, -0.15) is 8.42 Å². The van der Waals surface area contributed by atoms with E-state index in [9.17, 15) is 22.7 Å². The number of cyclic esters (lactones) is 1. The Morgan fingerprint density at radius 2 is 2.00 bits per heavy atom. The highest BCUT2D eigenvalue weighted by Crippen LogP contribution is 2.31. The van der Waals surface area contributed by atoms with Crippen LogP contribution < -0.4 is 9.80 Å². The molecule has 1 atom stereocenters. The molecule has 30 heavy (non-hydrogen) atoms. The number of anilines is 2. The van der Waals surface area contributed by atoms with Gasteiger partial charge in [-0.05, 0) is 18.2 Å². The molecule has 3 N–H and O–H groups in total. The standard InChI is InChI=1S/C19H23FN2O7S/c20-16-12-14(22-13-15(29-18(22)24)4-11-30(26,27)28)2-3-17(16)21-8-6-19(25,7-9-21)5-1-10-23/h2-3,12,15,23,25H,4,6-11,13H2,(H,26,27,28). The van der Waals surface area contributed by atoms with Gasteiger partial charge in [0.2, 0.25) is 0 Å². The molecule has 2 aliphatic heterocycles. The number of ether oxygens (including phenoxy) is 1. The molecule has 1 aromatic rings. The molecule has 0 radical (unpaired) electrons. The van der Waals surface area contributed by atoms with Crippen LogP contribution in [0.15, 0.2) is 18.2 Å². The van der Waals surface area contributed by atoms with Gasteiger partial charge in [0.25, 0.3) is 10.1 Å². The largest absolute Gasteiger partial charge is 0.444 e. The van der Waals surface area contributed by atoms with Gasteiger partial charge in [-0.15, -0.1) is 0 Å². The number of benzene rings is 1. The topological polar surface area (TPSA) is 128 Å². The average Bonchev–Trinajstić information content (AvgIpc) is 3.06. The maximum Gasteiger partial charge on any atom is 0.414 e. The molecule has 9 nitrogen and oxygen atoms in total. The molecule has 1 amide bonds. The van der Waals surface area contributed by atoms with Crippen LogP contribution in [-0.4, -0.2) is 73.0 Å². The van der Waals surface area contributed by atoms with Crippen molar-refractivity contribution in [3.63, 3.8) is 0 Å². The second-order valence-corrected chi connectivity index (χ2v) is 8.88. The molecule has 1 unspecified atom stereocenters. The molecule has 0 aromatic heterocycles. The van der Waals surface area contributed by atoms with Crippen molar-refractivity contribution < 1.29 is 37.1 Å². The minimum absolute atomic E-state index is 0.0490. The van der Waals surface area contributed by atoms with E-state index >= 15 is 0 Å². The molecule has 3 rings (SSSR count). The van der Waals surface area contributed by atoms with E-state index in [0.717, 1.165) is 0 Å². The zero-order valence-electron chi connectivity index (χ0n) is 16.1. The van der Waals surface area contributed by atoms with E-state index in [4.69, 9.17) is 14.4 Å². The molecule has 1 aromatic carbocycles. The Bertz CT molecular complexity index is 965. The first-order valence-corrected chi connectivity index (χ1v) is 11.0. The summed E-state index contributed by atoms with van der Waals surface area (Å²) in [4.78, 5) is 15.0. The van der Waals surface area contributed by atoms with Gasteiger partial charge >= 0.3 is 6.09 Å². The number of rotatable bonds is 5. The molecular weight excluding hydrogens is 419 g/mol. The molecule has 2 fully saturated rings. The number of hydrogen-bond acceptors (Lipinski definition) is 7. The Labute approximate surface area is 173 Å². The van der Waals surface area contributed by atoms with E-state index < -0.39 is 39.5 Å². The summed E-state index contributed by atoms with van der Waals surface area (Å²) in [6.45, 7) is 0.456. The van der Waals surface area contributed by atoms with Gasteiger partial charge in [0, 0.05) is 32.4 Å². The molecule has 2 aliphatic rings. The number of carbonyl (C=O) groups excluding carboxylic acids is 1. The number of aliphatic hydroxyl groups is 2. The Morgan fingerprint density at radius 1 is 1.30 bits per heavy atom. The van der Waals surface area contributed by atoms with Crippen molar-refractivity contribution in [2.45, 2.75) is 31.0 Å². The maximum absolute atomic E-state index is 14.8. The van der Waals surface area contributed by atoms with Crippen LogP contribution in [0.5, 0.6) is 0 Å². The summed E-state index contributed by atoms with van der Waals surface area (Å²) in [6.07, 6.45) is -0.892. The number of carbonyl (C=O) groups is 1. The number of aliphatic hydroxyl groups excluding tert-OH is 1. The highest BCUT2D eigenvalue weighted by Gasteiger charge is 2.34. The predicted octanol–water partition coefficient (Wildman–Crippen LogP) is 0.756. The minimum Gasteiger partial charge on any atom is -0.444 e. The van der Waals surface area contributed by atoms with Gasteiger partial charge < -0.3 is 19.8 Å². The quantitative estimate of drug-likeness (QED) is 0.450. The SMILES string of the molecule is O=C1OC(CCS(=O)(=O)O)CN1c1ccc(N2CCC(O)(C#CCO)CC2)c(F)c1. The summed E-state index contributed by atoms with van der Waals surface area (Å²) in [5, 5.41) is 19.1. The van der Waals surface area contributed by atoms with Crippen LogP contribution in [0, 0.1) is 17.7 Å². The first-order chi connectivity index (χ1) is 14.1. The Morgan fingerprint density at radius 3 is 2.60 bits per heavy atom. The fourth-order valence-corrected chi connectivity index (χ4v) is 4.09. The number of piperidine rings is 1. The van der Waals surface area contributed by atoms with Crippen molar-refractivity contribution in [3.05, 3.63) is 24.0 Å². The molecule has 11 heteroatoms. The van der Waals surface area contributed by atoms with Gasteiger partial charge in [-0.1, -0.05) is 11.8 Å². The Balaban J connectivity index is 1.65. The lowest BCUT2D eigenvalue weighted by molar-refractivity contribution is 0.0742. The fourth-order valence-electron chi connectivity index (χ4n) is 3.53. The molecule has 0 saturated carbocycles. The molecule has 164 valence electrons. The van der Waals surface area contributed by atoms with E-state index in [-0.39, 0.29) is 25.3 Å². The van der Waals surface area contributed by atoms with Crippen LogP contribution >= 0.6 is 0 Å². The van der Waals surface area contributed by atoms with E-state index in [1.54, 1.807) is 11.0 Å². The number of nitrogens with zero attached hydrogens (tertiary/aromatic N) is 2. The van der Waals surface area contributed by atoms with Crippen molar-refractivity contribution in [1.29, 1.82) is 0 Å². The van der Waals surface area contributed by atoms with Crippen LogP contribution in [0.4, 0.5) is 20.6 Å². The lowest BCUT2D eigenvalue weighted by Crippen LogP contribution is -2.44. The van der Waals surface area contributed by atoms with Crippen molar-refractivity contribution in [1.82, 2.24) is 0 Å². The van der Waals surface area contributed by atoms with Crippen LogP contribution in [-0.2, 0) is 14.9 Å². The van der Waals surface area contributed by atoms with E-state index in [1.165, 1.54) is 17.0 Å². The zero-order valence-corrected chi connectivity index (χ0v) is 16.9. The summed E-state index contributed by atoms with van der Waals surface area (Å²) in [7, 11) is -4.16. The molecule has 0 aliphatic carbocycles. The third-order valence-corrected chi connectivity index (χ3v) is 5.90. The summed E-state index contributed by atoms with van der Waals surface area (Å²) in [6, 6.07) is 4.30. The van der Waals surface area contributed by atoms with Crippen molar-refractivity contribution in [2.24, 2.45) is 0 Å². The molecule has 0 spiro atoms. The Hall–Kier alpha value is -2.39. The van der Waals surface area contributed by atoms with Gasteiger partial charge in [0.1, 0.15) is 24.1 Å². The second-order valence-electron chi connectivity index (χ2n) is 7.31. The lowest BCUT2D eigenvalue weighted by atomic mass is 9.91. The zero-order chi connectivity index (χ0) is 21.9. The van der Waals surface area contributed by atoms with E-state index in [2.05, 4.69) is 11.8 Å². The molecule has 2 heterocycles. The summed E-state index contributed by atoms with van der Waals surface area (Å²) in [5.74, 6) is 4.01. The smallest absolute Gasteiger partial charge is 0.414 e. The van der Waals surface area contributed by atoms with Gasteiger partial charge in [-0.25, -0.2) is 9.18 Å². The highest BCUT2D eigenvalue weighted by atomic mass is 32.2. The predicted molar refractivity (Wildman–Crippen MR) is 106 cm³/mol. The van der Waals surface area contributed by atoms with Crippen molar-refractivity contribution in [2.75, 3.05) is 41.8 Å². The van der Waals surface area contributed by atoms with Gasteiger partial charge in [-0.3, -0.25) is 9.45 Å². The number of hydrogen-bond donors (Lipinski definition) is 3. The minimum atomic E-state index is -4.16. The van der Waals surface area contributed by atoms with Crippen LogP contribution in [0.1, 0.15) is 19.3 Å². The Kier molecular flexibility index (Phi) is 6.52. The van der Waals surface area contributed by atoms with Crippen LogP contribution in [0.25, 0.3) is 0 Å². The number of amides is 1. The first-order valence-electron chi connectivity index (χ1n) is 9.41. The van der Waals surface area contributed by atoms with Gasteiger partial charge in [0.15, 0.2) is 0 Å². The van der Waals surface area contributed by atoms with Crippen molar-refractivity contribution in [3.8, 4) is 11.8 Å². The molecule has 0 bridgehead atoms. The lowest BCUT2D eigenvalue weighted by Gasteiger charge is -2.36. The normalized spacial score (nSPS) is 21.2. The third kappa shape index (κ3) is 5.40. The van der Waals surface area contributed by atoms with Crippen molar-refractivity contribution >= 4 is 27.6 Å². The second kappa shape index (κ2) is 8.77. The average molecular weight is 442 g/mol. The highest BCUT2D eigenvalue weighted by molar-refractivity contribution is 7.85.